The van der Waals surface area contributed by atoms with Gasteiger partial charge in [-0.1, -0.05) is 30.6 Å². The monoisotopic (exact) mass is 433 g/mol. The fraction of sp³-hybridized carbons (Fsp3) is 0.500. The number of ether oxygens (including phenoxy) is 1. The lowest BCUT2D eigenvalue weighted by Crippen LogP contribution is -2.37. The zero-order chi connectivity index (χ0) is 21.8. The Bertz CT molecular complexity index is 925. The number of carbonyl (C=O) groups excluding carboxylic acids is 2. The summed E-state index contributed by atoms with van der Waals surface area (Å²) in [5, 5.41) is 4.56. The molecule has 0 N–H and O–H groups in total. The highest BCUT2D eigenvalue weighted by molar-refractivity contribution is 6.31. The molecule has 0 bridgehead atoms. The molecule has 30 heavy (non-hydrogen) atoms. The van der Waals surface area contributed by atoms with Gasteiger partial charge < -0.3 is 19.1 Å². The molecule has 0 saturated carbocycles. The largest absolute Gasteiger partial charge is 0.491 e. The van der Waals surface area contributed by atoms with Crippen molar-refractivity contribution in [3.63, 3.8) is 0 Å². The molecule has 7 nitrogen and oxygen atoms in total. The summed E-state index contributed by atoms with van der Waals surface area (Å²) >= 11 is 6.10. The van der Waals surface area contributed by atoms with Gasteiger partial charge in [0.15, 0.2) is 0 Å². The minimum Gasteiger partial charge on any atom is -0.491 e. The maximum atomic E-state index is 13.3. The number of amides is 2. The maximum Gasteiger partial charge on any atom is 0.259 e. The highest BCUT2D eigenvalue weighted by atomic mass is 35.5. The molecule has 3 rings (SSSR count). The molecule has 1 aliphatic rings. The van der Waals surface area contributed by atoms with Crippen molar-refractivity contribution in [3.05, 3.63) is 45.8 Å². The van der Waals surface area contributed by atoms with Gasteiger partial charge in [-0.05, 0) is 43.9 Å². The van der Waals surface area contributed by atoms with Gasteiger partial charge in [0.1, 0.15) is 23.7 Å². The number of carbonyl (C=O) groups is 2. The molecule has 0 radical (unpaired) electrons. The van der Waals surface area contributed by atoms with Crippen molar-refractivity contribution in [2.45, 2.75) is 39.5 Å². The number of benzene rings is 1. The summed E-state index contributed by atoms with van der Waals surface area (Å²) in [6, 6.07) is 5.01. The summed E-state index contributed by atoms with van der Waals surface area (Å²) in [6.07, 6.45) is 1.55. The predicted octanol–water partition coefficient (Wildman–Crippen LogP) is 4.15. The van der Waals surface area contributed by atoms with Crippen LogP contribution in [-0.2, 0) is 0 Å². The van der Waals surface area contributed by atoms with Crippen molar-refractivity contribution in [1.82, 2.24) is 15.0 Å². The van der Waals surface area contributed by atoms with Gasteiger partial charge in [-0.25, -0.2) is 0 Å². The molecule has 0 spiro atoms. The van der Waals surface area contributed by atoms with Crippen LogP contribution in [0.1, 0.15) is 64.8 Å². The molecule has 2 heterocycles. The standard InChI is InChI=1S/C22H28ClN3O4/c1-14(2)20-19(15(3)30-24-20)22(28)26-10-6-5-9-25(4)21(27)17-13-16(23)7-8-18(17)29-12-11-26/h7-8,13-14H,5-6,9-12H2,1-4H3. The van der Waals surface area contributed by atoms with Crippen LogP contribution in [0.3, 0.4) is 0 Å². The lowest BCUT2D eigenvalue weighted by atomic mass is 10.0. The quantitative estimate of drug-likeness (QED) is 0.711. The SMILES string of the molecule is Cc1onc(C(C)C)c1C(=O)N1CCCCN(C)C(=O)c2cc(Cl)ccc2OCC1. The smallest absolute Gasteiger partial charge is 0.259 e. The van der Waals surface area contributed by atoms with Gasteiger partial charge in [0.05, 0.1) is 17.8 Å². The van der Waals surface area contributed by atoms with Crippen LogP contribution in [0.25, 0.3) is 0 Å². The molecule has 0 aliphatic carbocycles. The summed E-state index contributed by atoms with van der Waals surface area (Å²) in [4.78, 5) is 29.5. The minimum atomic E-state index is -0.123. The first-order valence-corrected chi connectivity index (χ1v) is 10.6. The van der Waals surface area contributed by atoms with E-state index in [-0.39, 0.29) is 24.3 Å². The molecule has 0 fully saturated rings. The Morgan fingerprint density at radius 2 is 1.93 bits per heavy atom. The van der Waals surface area contributed by atoms with Crippen molar-refractivity contribution in [3.8, 4) is 5.75 Å². The minimum absolute atomic E-state index is 0.0846. The van der Waals surface area contributed by atoms with Crippen molar-refractivity contribution < 1.29 is 18.8 Å². The van der Waals surface area contributed by atoms with Crippen molar-refractivity contribution in [1.29, 1.82) is 0 Å². The topological polar surface area (TPSA) is 75.9 Å². The van der Waals surface area contributed by atoms with E-state index < -0.39 is 0 Å². The molecule has 1 aromatic carbocycles. The first-order valence-electron chi connectivity index (χ1n) is 10.2. The Hall–Kier alpha value is -2.54. The number of hydrogen-bond donors (Lipinski definition) is 0. The van der Waals surface area contributed by atoms with Crippen LogP contribution in [-0.4, -0.2) is 60.1 Å². The molecule has 2 aromatic rings. The molecule has 162 valence electrons. The number of nitrogens with zero attached hydrogens (tertiary/aromatic N) is 3. The van der Waals surface area contributed by atoms with Crippen LogP contribution in [0.2, 0.25) is 5.02 Å². The molecule has 0 atom stereocenters. The van der Waals surface area contributed by atoms with E-state index in [1.807, 2.05) is 13.8 Å². The average molecular weight is 434 g/mol. The van der Waals surface area contributed by atoms with Crippen LogP contribution < -0.4 is 4.74 Å². The fourth-order valence-electron chi connectivity index (χ4n) is 3.54. The number of aromatic nitrogens is 1. The summed E-state index contributed by atoms with van der Waals surface area (Å²) in [7, 11) is 1.76. The number of halogens is 1. The Morgan fingerprint density at radius 3 is 2.67 bits per heavy atom. The van der Waals surface area contributed by atoms with Gasteiger partial charge in [-0.2, -0.15) is 0 Å². The summed E-state index contributed by atoms with van der Waals surface area (Å²) < 4.78 is 11.2. The van der Waals surface area contributed by atoms with Gasteiger partial charge in [-0.15, -0.1) is 0 Å². The average Bonchev–Trinajstić information content (AvgIpc) is 3.10. The highest BCUT2D eigenvalue weighted by Crippen LogP contribution is 2.26. The first-order chi connectivity index (χ1) is 14.3. The zero-order valence-corrected chi connectivity index (χ0v) is 18.7. The van der Waals surface area contributed by atoms with E-state index in [0.717, 1.165) is 12.8 Å². The second-order valence-electron chi connectivity index (χ2n) is 7.87. The lowest BCUT2D eigenvalue weighted by molar-refractivity contribution is 0.0701. The summed E-state index contributed by atoms with van der Waals surface area (Å²) in [6.45, 7) is 7.55. The zero-order valence-electron chi connectivity index (χ0n) is 17.9. The van der Waals surface area contributed by atoms with E-state index in [0.29, 0.717) is 53.0 Å². The molecule has 0 saturated heterocycles. The number of rotatable bonds is 2. The molecule has 1 aliphatic heterocycles. The van der Waals surface area contributed by atoms with E-state index >= 15 is 0 Å². The second-order valence-corrected chi connectivity index (χ2v) is 8.31. The van der Waals surface area contributed by atoms with Gasteiger partial charge in [0.2, 0.25) is 0 Å². The Kier molecular flexibility index (Phi) is 7.02. The number of aryl methyl sites for hydroxylation is 1. The molecule has 8 heteroatoms. The Morgan fingerprint density at radius 1 is 1.20 bits per heavy atom. The van der Waals surface area contributed by atoms with Gasteiger partial charge in [0, 0.05) is 25.2 Å². The van der Waals surface area contributed by atoms with E-state index in [1.54, 1.807) is 42.0 Å². The van der Waals surface area contributed by atoms with Gasteiger partial charge >= 0.3 is 0 Å². The molecule has 2 amide bonds. The van der Waals surface area contributed by atoms with E-state index in [4.69, 9.17) is 20.9 Å². The Balaban J connectivity index is 1.85. The normalized spacial score (nSPS) is 16.0. The van der Waals surface area contributed by atoms with E-state index in [2.05, 4.69) is 5.16 Å². The number of fused-ring (bicyclic) bond motifs is 1. The second kappa shape index (κ2) is 9.51. The molecular formula is C22H28ClN3O4. The summed E-state index contributed by atoms with van der Waals surface area (Å²) in [5.74, 6) is 0.859. The predicted molar refractivity (Wildman–Crippen MR) is 114 cm³/mol. The van der Waals surface area contributed by atoms with Crippen molar-refractivity contribution in [2.24, 2.45) is 0 Å². The molecular weight excluding hydrogens is 406 g/mol. The third-order valence-electron chi connectivity index (χ3n) is 5.25. The van der Waals surface area contributed by atoms with Crippen LogP contribution in [0.15, 0.2) is 22.7 Å². The first kappa shape index (κ1) is 22.2. The lowest BCUT2D eigenvalue weighted by Gasteiger charge is -2.26. The third-order valence-corrected chi connectivity index (χ3v) is 5.48. The maximum absolute atomic E-state index is 13.3. The van der Waals surface area contributed by atoms with E-state index in [9.17, 15) is 9.59 Å². The summed E-state index contributed by atoms with van der Waals surface area (Å²) in [5.41, 5.74) is 1.65. The molecule has 1 aromatic heterocycles. The van der Waals surface area contributed by atoms with Crippen LogP contribution in [0.4, 0.5) is 0 Å². The van der Waals surface area contributed by atoms with Crippen molar-refractivity contribution in [2.75, 3.05) is 33.3 Å². The van der Waals surface area contributed by atoms with Gasteiger partial charge in [0.25, 0.3) is 11.8 Å². The highest BCUT2D eigenvalue weighted by Gasteiger charge is 2.27. The van der Waals surface area contributed by atoms with Crippen LogP contribution in [0, 0.1) is 6.92 Å². The molecule has 0 unspecified atom stereocenters. The van der Waals surface area contributed by atoms with Crippen LogP contribution >= 0.6 is 11.6 Å². The fourth-order valence-corrected chi connectivity index (χ4v) is 3.71. The Labute approximate surface area is 181 Å². The third kappa shape index (κ3) is 4.78. The van der Waals surface area contributed by atoms with E-state index in [1.165, 1.54) is 0 Å². The van der Waals surface area contributed by atoms with Crippen LogP contribution in [0.5, 0.6) is 5.75 Å². The number of hydrogen-bond acceptors (Lipinski definition) is 5. The van der Waals surface area contributed by atoms with Crippen molar-refractivity contribution >= 4 is 23.4 Å². The van der Waals surface area contributed by atoms with Gasteiger partial charge in [-0.3, -0.25) is 9.59 Å².